The van der Waals surface area contributed by atoms with Crippen molar-refractivity contribution >= 4 is 28.9 Å². The Bertz CT molecular complexity index is 1410. The number of aromatic amines is 1. The number of aliphatic hydroxyl groups is 1. The maximum atomic E-state index is 12.5. The molecule has 192 valence electrons. The van der Waals surface area contributed by atoms with E-state index in [2.05, 4.69) is 15.0 Å². The number of hydrogen-bond donors (Lipinski definition) is 2. The normalized spacial score (nSPS) is 13.7. The highest BCUT2D eigenvalue weighted by molar-refractivity contribution is 5.81. The van der Waals surface area contributed by atoms with E-state index >= 15 is 0 Å². The number of aromatic nitrogens is 4. The Morgan fingerprint density at radius 3 is 2.11 bits per heavy atom. The van der Waals surface area contributed by atoms with Crippen LogP contribution in [0.2, 0.25) is 0 Å². The molecule has 1 aromatic rings. The van der Waals surface area contributed by atoms with Crippen LogP contribution in [0.5, 0.6) is 0 Å². The van der Waals surface area contributed by atoms with Crippen LogP contribution in [0.15, 0.2) is 21.7 Å². The van der Waals surface area contributed by atoms with Gasteiger partial charge in [0, 0.05) is 20.8 Å². The van der Waals surface area contributed by atoms with Crippen LogP contribution in [0, 0.1) is 13.8 Å². The van der Waals surface area contributed by atoms with Gasteiger partial charge in [0.1, 0.15) is 0 Å². The van der Waals surface area contributed by atoms with Crippen molar-refractivity contribution in [2.24, 2.45) is 0 Å². The average molecular weight is 502 g/mol. The van der Waals surface area contributed by atoms with Gasteiger partial charge >= 0.3 is 23.6 Å². The van der Waals surface area contributed by atoms with E-state index in [1.807, 2.05) is 13.8 Å². The largest absolute Gasteiger partial charge is 0.457 e. The topological polar surface area (TPSA) is 180 Å². The van der Waals surface area contributed by atoms with Gasteiger partial charge in [0.25, 0.3) is 5.56 Å². The fourth-order valence-corrected chi connectivity index (χ4v) is 3.84. The van der Waals surface area contributed by atoms with Crippen molar-refractivity contribution in [2.75, 3.05) is 6.61 Å². The molecule has 0 fully saturated rings. The molecule has 3 atom stereocenters. The lowest BCUT2D eigenvalue weighted by molar-refractivity contribution is -0.187. The Labute approximate surface area is 204 Å². The third-order valence-corrected chi connectivity index (χ3v) is 5.44. The Kier molecular flexibility index (Phi) is 7.83. The van der Waals surface area contributed by atoms with E-state index in [1.165, 1.54) is 4.57 Å². The number of aliphatic hydroxyl groups excluding tert-OH is 1. The third kappa shape index (κ3) is 5.74. The molecule has 13 heteroatoms. The van der Waals surface area contributed by atoms with Gasteiger partial charge in [-0.3, -0.25) is 24.2 Å². The lowest BCUT2D eigenvalue weighted by Crippen LogP contribution is -2.48. The molecule has 2 aliphatic heterocycles. The summed E-state index contributed by atoms with van der Waals surface area (Å²) in [4.78, 5) is 70.5. The van der Waals surface area contributed by atoms with Crippen LogP contribution in [0.1, 0.15) is 31.9 Å². The first kappa shape index (κ1) is 26.5. The second kappa shape index (κ2) is 10.6. The Morgan fingerprint density at radius 2 is 1.53 bits per heavy atom. The summed E-state index contributed by atoms with van der Waals surface area (Å²) in [7, 11) is 0. The molecule has 3 unspecified atom stereocenters. The fraction of sp³-hybridized carbons (Fsp3) is 0.435. The van der Waals surface area contributed by atoms with Crippen molar-refractivity contribution in [3.63, 3.8) is 0 Å². The number of benzene rings is 1. The first-order chi connectivity index (χ1) is 16.9. The molecule has 13 nitrogen and oxygen atoms in total. The minimum atomic E-state index is -1.44. The Balaban J connectivity index is 2.29. The molecule has 2 N–H and O–H groups in total. The van der Waals surface area contributed by atoms with Gasteiger partial charge in [-0.15, -0.1) is 0 Å². The third-order valence-electron chi connectivity index (χ3n) is 5.44. The molecule has 0 saturated carbocycles. The molecule has 0 spiro atoms. The number of ether oxygens (including phenoxy) is 3. The molecule has 1 aromatic carbocycles. The van der Waals surface area contributed by atoms with Crippen LogP contribution in [0.4, 0.5) is 0 Å². The molecule has 0 amide bonds. The number of nitrogens with one attached hydrogen (secondary N) is 1. The predicted molar refractivity (Wildman–Crippen MR) is 124 cm³/mol. The van der Waals surface area contributed by atoms with Crippen molar-refractivity contribution < 1.29 is 33.7 Å². The van der Waals surface area contributed by atoms with Crippen molar-refractivity contribution in [3.05, 3.63) is 44.1 Å². The van der Waals surface area contributed by atoms with Crippen LogP contribution in [0.25, 0.3) is 22.6 Å². The summed E-state index contributed by atoms with van der Waals surface area (Å²) in [6, 6.07) is 3.50. The van der Waals surface area contributed by atoms with E-state index in [9.17, 15) is 29.1 Å². The van der Waals surface area contributed by atoms with E-state index < -0.39 is 54.1 Å². The molecule has 0 radical (unpaired) electrons. The molecule has 3 rings (SSSR count). The number of rotatable bonds is 8. The zero-order valence-corrected chi connectivity index (χ0v) is 20.4. The standard InChI is InChI=1S/C23H26N4O9/c1-10-6-15-16(7-11(10)2)27(21-19(24-15)22(32)26-23(33)25-21)8-17(34-12(3)29)20(36-14(5)31)18(9-28)35-13(4)30/h6-7,17-18,20,28H,8-9H2,1-5H3,(H,26,32,33). The molecule has 0 saturated heterocycles. The van der Waals surface area contributed by atoms with E-state index in [4.69, 9.17) is 14.2 Å². The van der Waals surface area contributed by atoms with Gasteiger partial charge in [0.05, 0.1) is 24.2 Å². The summed E-state index contributed by atoms with van der Waals surface area (Å²) in [6.07, 6.45) is -4.16. The highest BCUT2D eigenvalue weighted by Crippen LogP contribution is 2.26. The summed E-state index contributed by atoms with van der Waals surface area (Å²) in [5.74, 6) is -2.43. The summed E-state index contributed by atoms with van der Waals surface area (Å²) < 4.78 is 17.3. The number of nitrogens with zero attached hydrogens (tertiary/aromatic N) is 3. The molecule has 2 aliphatic rings. The van der Waals surface area contributed by atoms with E-state index in [1.54, 1.807) is 12.1 Å². The second-order valence-electron chi connectivity index (χ2n) is 8.24. The SMILES string of the molecule is CC(=O)OC(CO)C(OC(C)=O)C(Cn1c2nc(=O)[nH]c(=O)c-2nc2cc(C)c(C)cc21)OC(C)=O. The molecule has 0 aromatic heterocycles. The van der Waals surface area contributed by atoms with Crippen LogP contribution >= 0.6 is 0 Å². The highest BCUT2D eigenvalue weighted by Gasteiger charge is 2.38. The van der Waals surface area contributed by atoms with Gasteiger partial charge in [0.15, 0.2) is 29.8 Å². The highest BCUT2D eigenvalue weighted by atomic mass is 16.6. The van der Waals surface area contributed by atoms with Crippen LogP contribution in [-0.2, 0) is 35.1 Å². The summed E-state index contributed by atoms with van der Waals surface area (Å²) in [5, 5.41) is 9.87. The molecular weight excluding hydrogens is 476 g/mol. The van der Waals surface area contributed by atoms with E-state index in [0.29, 0.717) is 11.0 Å². The van der Waals surface area contributed by atoms with Gasteiger partial charge < -0.3 is 23.9 Å². The van der Waals surface area contributed by atoms with Crippen molar-refractivity contribution in [1.29, 1.82) is 0 Å². The zero-order chi connectivity index (χ0) is 26.7. The zero-order valence-electron chi connectivity index (χ0n) is 20.4. The first-order valence-corrected chi connectivity index (χ1v) is 11.0. The first-order valence-electron chi connectivity index (χ1n) is 11.0. The number of esters is 3. The second-order valence-corrected chi connectivity index (χ2v) is 8.24. The molecule has 2 heterocycles. The number of H-pyrrole nitrogens is 1. The minimum Gasteiger partial charge on any atom is -0.457 e. The monoisotopic (exact) mass is 502 g/mol. The van der Waals surface area contributed by atoms with Crippen LogP contribution in [-0.4, -0.2) is 67.5 Å². The fourth-order valence-electron chi connectivity index (χ4n) is 3.84. The summed E-state index contributed by atoms with van der Waals surface area (Å²) in [6.45, 7) is 5.98. The molecular formula is C23H26N4O9. The summed E-state index contributed by atoms with van der Waals surface area (Å²) >= 11 is 0. The lowest BCUT2D eigenvalue weighted by atomic mass is 10.1. The van der Waals surface area contributed by atoms with Crippen LogP contribution in [0.3, 0.4) is 0 Å². The lowest BCUT2D eigenvalue weighted by Gasteiger charge is -2.32. The van der Waals surface area contributed by atoms with Crippen molar-refractivity contribution in [3.8, 4) is 11.5 Å². The van der Waals surface area contributed by atoms with Crippen molar-refractivity contribution in [2.45, 2.75) is 59.5 Å². The summed E-state index contributed by atoms with van der Waals surface area (Å²) in [5.41, 5.74) is 0.742. The quantitative estimate of drug-likeness (QED) is 0.240. The van der Waals surface area contributed by atoms with E-state index in [0.717, 1.165) is 31.9 Å². The van der Waals surface area contributed by atoms with Gasteiger partial charge in [-0.2, -0.15) is 4.98 Å². The van der Waals surface area contributed by atoms with Gasteiger partial charge in [-0.25, -0.2) is 9.78 Å². The van der Waals surface area contributed by atoms with Gasteiger partial charge in [-0.1, -0.05) is 0 Å². The Hall–Kier alpha value is -4.13. The predicted octanol–water partition coefficient (Wildman–Crippen LogP) is -0.0112. The Morgan fingerprint density at radius 1 is 0.944 bits per heavy atom. The average Bonchev–Trinajstić information content (AvgIpc) is 2.76. The number of aryl methyl sites for hydroxylation is 2. The maximum Gasteiger partial charge on any atom is 0.349 e. The molecule has 0 bridgehead atoms. The maximum absolute atomic E-state index is 12.5. The van der Waals surface area contributed by atoms with E-state index in [-0.39, 0.29) is 18.1 Å². The number of carbonyl (C=O) groups is 3. The number of carbonyl (C=O) groups excluding carboxylic acids is 3. The van der Waals surface area contributed by atoms with Gasteiger partial charge in [0.2, 0.25) is 0 Å². The smallest absolute Gasteiger partial charge is 0.349 e. The number of fused-ring (bicyclic) bond motifs is 2. The molecule has 0 aliphatic carbocycles. The molecule has 36 heavy (non-hydrogen) atoms. The van der Waals surface area contributed by atoms with Crippen LogP contribution < -0.4 is 11.2 Å². The minimum absolute atomic E-state index is 0.105. The number of hydrogen-bond acceptors (Lipinski definition) is 11. The van der Waals surface area contributed by atoms with Crippen molar-refractivity contribution in [1.82, 2.24) is 19.5 Å². The van der Waals surface area contributed by atoms with Gasteiger partial charge in [-0.05, 0) is 37.1 Å².